The molecule has 172 valence electrons. The van der Waals surface area contributed by atoms with Gasteiger partial charge in [0.15, 0.2) is 11.8 Å². The summed E-state index contributed by atoms with van der Waals surface area (Å²) in [5.74, 6) is 2.82. The summed E-state index contributed by atoms with van der Waals surface area (Å²) in [6.07, 6.45) is 7.77. The summed E-state index contributed by atoms with van der Waals surface area (Å²) >= 11 is 0. The second kappa shape index (κ2) is 8.85. The molecule has 32 heavy (non-hydrogen) atoms. The standard InChI is InChI=1S/C25H37N7/c1-4-31-15-9-10-20(31)16-26-24(27-17-23-29-28-19(2)30(23)3)32-18-25(13-7-8-14-25)21-11-5-6-12-22(21)32/h5-6,11-12,20H,4,7-10,13-18H2,1-3H3,(H,26,27). The molecule has 2 fully saturated rings. The molecule has 3 heterocycles. The van der Waals surface area contributed by atoms with Crippen molar-refractivity contribution in [1.82, 2.24) is 25.0 Å². The number of aromatic nitrogens is 3. The lowest BCUT2D eigenvalue weighted by atomic mass is 9.81. The Labute approximate surface area is 191 Å². The van der Waals surface area contributed by atoms with Gasteiger partial charge in [0.05, 0.1) is 0 Å². The van der Waals surface area contributed by atoms with Crippen LogP contribution in [0.15, 0.2) is 29.3 Å². The molecule has 1 N–H and O–H groups in total. The van der Waals surface area contributed by atoms with Crippen molar-refractivity contribution in [2.24, 2.45) is 12.0 Å². The lowest BCUT2D eigenvalue weighted by Crippen LogP contribution is -2.48. The number of hydrogen-bond acceptors (Lipinski definition) is 4. The lowest BCUT2D eigenvalue weighted by Gasteiger charge is -2.29. The number of nitrogens with one attached hydrogen (secondary N) is 1. The van der Waals surface area contributed by atoms with Crippen LogP contribution in [0.5, 0.6) is 0 Å². The minimum Gasteiger partial charge on any atom is -0.354 e. The number of aryl methyl sites for hydroxylation is 1. The molecule has 1 saturated heterocycles. The van der Waals surface area contributed by atoms with E-state index < -0.39 is 0 Å². The molecule has 1 saturated carbocycles. The van der Waals surface area contributed by atoms with E-state index in [9.17, 15) is 0 Å². The molecule has 1 spiro atoms. The summed E-state index contributed by atoms with van der Waals surface area (Å²) in [4.78, 5) is 10.1. The largest absolute Gasteiger partial charge is 0.354 e. The van der Waals surface area contributed by atoms with E-state index in [1.807, 2.05) is 18.5 Å². The number of aliphatic imine (C=N–C) groups is 1. The molecule has 1 unspecified atom stereocenters. The molecule has 3 aliphatic rings. The molecular formula is C25H37N7. The first kappa shape index (κ1) is 21.4. The van der Waals surface area contributed by atoms with Crippen LogP contribution in [0.25, 0.3) is 0 Å². The number of hydrogen-bond donors (Lipinski definition) is 1. The van der Waals surface area contributed by atoms with Gasteiger partial charge in [-0.25, -0.2) is 4.99 Å². The molecule has 1 aromatic heterocycles. The average Bonchev–Trinajstić information content (AvgIpc) is 3.60. The third kappa shape index (κ3) is 3.81. The fraction of sp³-hybridized carbons (Fsp3) is 0.640. The predicted octanol–water partition coefficient (Wildman–Crippen LogP) is 3.39. The minimum absolute atomic E-state index is 0.281. The second-order valence-electron chi connectivity index (χ2n) is 9.76. The van der Waals surface area contributed by atoms with Crippen molar-refractivity contribution in [2.45, 2.75) is 70.4 Å². The number of likely N-dealkylation sites (N-methyl/N-ethyl adjacent to an activating group) is 1. The van der Waals surface area contributed by atoms with Crippen LogP contribution in [0, 0.1) is 6.92 Å². The number of benzene rings is 1. The lowest BCUT2D eigenvalue weighted by molar-refractivity contribution is 0.267. The van der Waals surface area contributed by atoms with Gasteiger partial charge in [0, 0.05) is 37.3 Å². The van der Waals surface area contributed by atoms with Crippen molar-refractivity contribution in [1.29, 1.82) is 0 Å². The maximum atomic E-state index is 5.11. The second-order valence-corrected chi connectivity index (χ2v) is 9.76. The van der Waals surface area contributed by atoms with Crippen molar-refractivity contribution in [3.63, 3.8) is 0 Å². The van der Waals surface area contributed by atoms with E-state index >= 15 is 0 Å². The minimum atomic E-state index is 0.281. The van der Waals surface area contributed by atoms with Crippen molar-refractivity contribution in [3.8, 4) is 0 Å². The highest BCUT2D eigenvalue weighted by Gasteiger charge is 2.45. The molecule has 7 heteroatoms. The zero-order valence-corrected chi connectivity index (χ0v) is 19.8. The topological polar surface area (TPSA) is 61.6 Å². The third-order valence-corrected chi connectivity index (χ3v) is 8.00. The first-order valence-electron chi connectivity index (χ1n) is 12.4. The molecule has 0 radical (unpaired) electrons. The normalized spacial score (nSPS) is 22.8. The van der Waals surface area contributed by atoms with Crippen molar-refractivity contribution in [2.75, 3.05) is 31.1 Å². The Balaban J connectivity index is 1.44. The van der Waals surface area contributed by atoms with Gasteiger partial charge in [-0.15, -0.1) is 10.2 Å². The highest BCUT2D eigenvalue weighted by atomic mass is 15.3. The Morgan fingerprint density at radius 3 is 2.75 bits per heavy atom. The number of likely N-dealkylation sites (tertiary alicyclic amines) is 1. The summed E-state index contributed by atoms with van der Waals surface area (Å²) in [7, 11) is 2.02. The van der Waals surface area contributed by atoms with Crippen LogP contribution in [0.3, 0.4) is 0 Å². The van der Waals surface area contributed by atoms with Gasteiger partial charge < -0.3 is 14.8 Å². The maximum Gasteiger partial charge on any atom is 0.199 e. The van der Waals surface area contributed by atoms with Gasteiger partial charge in [0.25, 0.3) is 0 Å². The predicted molar refractivity (Wildman–Crippen MR) is 129 cm³/mol. The van der Waals surface area contributed by atoms with E-state index in [4.69, 9.17) is 4.99 Å². The summed E-state index contributed by atoms with van der Waals surface area (Å²) in [5, 5.41) is 12.4. The zero-order valence-electron chi connectivity index (χ0n) is 19.8. The van der Waals surface area contributed by atoms with E-state index in [1.54, 1.807) is 0 Å². The Bertz CT molecular complexity index is 972. The van der Waals surface area contributed by atoms with Crippen LogP contribution in [-0.4, -0.2) is 57.8 Å². The van der Waals surface area contributed by atoms with E-state index in [-0.39, 0.29) is 5.41 Å². The number of anilines is 1. The van der Waals surface area contributed by atoms with Crippen LogP contribution in [0.1, 0.15) is 62.7 Å². The fourth-order valence-electron chi connectivity index (χ4n) is 6.02. The summed E-state index contributed by atoms with van der Waals surface area (Å²) in [6.45, 7) is 9.08. The third-order valence-electron chi connectivity index (χ3n) is 8.00. The summed E-state index contributed by atoms with van der Waals surface area (Å²) in [5.41, 5.74) is 3.12. The SMILES string of the molecule is CCN1CCCC1CNC(=NCc1nnc(C)n1C)N1CC2(CCCC2)c2ccccc21. The van der Waals surface area contributed by atoms with Crippen LogP contribution in [0.4, 0.5) is 5.69 Å². The van der Waals surface area contributed by atoms with Gasteiger partial charge in [-0.05, 0) is 57.3 Å². The van der Waals surface area contributed by atoms with Gasteiger partial charge in [0.2, 0.25) is 0 Å². The maximum absolute atomic E-state index is 5.11. The molecule has 1 aliphatic carbocycles. The molecule has 2 aliphatic heterocycles. The van der Waals surface area contributed by atoms with Crippen LogP contribution < -0.4 is 10.2 Å². The Hall–Kier alpha value is -2.41. The highest BCUT2D eigenvalue weighted by Crippen LogP contribution is 2.50. The monoisotopic (exact) mass is 435 g/mol. The van der Waals surface area contributed by atoms with Crippen molar-refractivity contribution >= 4 is 11.6 Å². The van der Waals surface area contributed by atoms with Crippen LogP contribution >= 0.6 is 0 Å². The molecule has 1 aromatic carbocycles. The van der Waals surface area contributed by atoms with E-state index in [0.29, 0.717) is 12.6 Å². The molecular weight excluding hydrogens is 398 g/mol. The first-order valence-corrected chi connectivity index (χ1v) is 12.4. The first-order chi connectivity index (χ1) is 15.6. The number of nitrogens with zero attached hydrogens (tertiary/aromatic N) is 6. The number of rotatable bonds is 5. The fourth-order valence-corrected chi connectivity index (χ4v) is 6.02. The Morgan fingerprint density at radius 2 is 2.00 bits per heavy atom. The van der Waals surface area contributed by atoms with E-state index in [1.165, 1.54) is 56.3 Å². The van der Waals surface area contributed by atoms with Gasteiger partial charge in [-0.3, -0.25) is 4.90 Å². The van der Waals surface area contributed by atoms with Gasteiger partial charge in [-0.1, -0.05) is 38.0 Å². The number of fused-ring (bicyclic) bond motifs is 2. The highest BCUT2D eigenvalue weighted by molar-refractivity contribution is 5.98. The molecule has 0 amide bonds. The van der Waals surface area contributed by atoms with Crippen LogP contribution in [0.2, 0.25) is 0 Å². The zero-order chi connectivity index (χ0) is 22.1. The van der Waals surface area contributed by atoms with Gasteiger partial charge in [-0.2, -0.15) is 0 Å². The molecule has 0 bridgehead atoms. The Morgan fingerprint density at radius 1 is 1.19 bits per heavy atom. The quantitative estimate of drug-likeness (QED) is 0.576. The smallest absolute Gasteiger partial charge is 0.199 e. The summed E-state index contributed by atoms with van der Waals surface area (Å²) < 4.78 is 2.04. The number of para-hydroxylation sites is 1. The Kier molecular flexibility index (Phi) is 5.93. The van der Waals surface area contributed by atoms with E-state index in [2.05, 4.69) is 56.5 Å². The average molecular weight is 436 g/mol. The molecule has 1 atom stereocenters. The van der Waals surface area contributed by atoms with Gasteiger partial charge in [0.1, 0.15) is 12.4 Å². The van der Waals surface area contributed by atoms with Crippen LogP contribution in [-0.2, 0) is 19.0 Å². The molecule has 2 aromatic rings. The van der Waals surface area contributed by atoms with Crippen molar-refractivity contribution < 1.29 is 0 Å². The van der Waals surface area contributed by atoms with Crippen molar-refractivity contribution in [3.05, 3.63) is 41.5 Å². The van der Waals surface area contributed by atoms with E-state index in [0.717, 1.165) is 37.2 Å². The molecule has 7 nitrogen and oxygen atoms in total. The van der Waals surface area contributed by atoms with Gasteiger partial charge >= 0.3 is 0 Å². The number of guanidine groups is 1. The summed E-state index contributed by atoms with van der Waals surface area (Å²) in [6, 6.07) is 9.58. The molecule has 5 rings (SSSR count).